The van der Waals surface area contributed by atoms with Crippen LogP contribution in [0.2, 0.25) is 0 Å². The molecule has 0 amide bonds. The second-order valence-electron chi connectivity index (χ2n) is 3.09. The van der Waals surface area contributed by atoms with E-state index in [4.69, 9.17) is 15.2 Å². The lowest BCUT2D eigenvalue weighted by Gasteiger charge is -2.09. The highest BCUT2D eigenvalue weighted by atomic mass is 16.5. The number of rotatable bonds is 5. The fourth-order valence-corrected chi connectivity index (χ4v) is 1.12. The first-order valence-electron chi connectivity index (χ1n) is 4.80. The van der Waals surface area contributed by atoms with Gasteiger partial charge in [0, 0.05) is 6.61 Å². The van der Waals surface area contributed by atoms with Gasteiger partial charge in [-0.1, -0.05) is 6.07 Å². The standard InChI is InChI=1S/C11H17NO2/c1-3-13-6-7-14-11-8-9(2)4-5-10(11)12/h4-5,8H,3,6-7,12H2,1-2H3. The fourth-order valence-electron chi connectivity index (χ4n) is 1.12. The van der Waals surface area contributed by atoms with E-state index in [1.165, 1.54) is 0 Å². The van der Waals surface area contributed by atoms with Crippen molar-refractivity contribution in [3.63, 3.8) is 0 Å². The van der Waals surface area contributed by atoms with Gasteiger partial charge in [0.1, 0.15) is 12.4 Å². The zero-order valence-electron chi connectivity index (χ0n) is 8.75. The average molecular weight is 195 g/mol. The third kappa shape index (κ3) is 3.26. The third-order valence-corrected chi connectivity index (χ3v) is 1.86. The molecule has 0 aliphatic rings. The maximum Gasteiger partial charge on any atom is 0.142 e. The van der Waals surface area contributed by atoms with Gasteiger partial charge in [-0.2, -0.15) is 0 Å². The van der Waals surface area contributed by atoms with Crippen molar-refractivity contribution in [2.45, 2.75) is 13.8 Å². The molecule has 0 spiro atoms. The number of hydrogen-bond donors (Lipinski definition) is 1. The van der Waals surface area contributed by atoms with Gasteiger partial charge in [0.15, 0.2) is 0 Å². The van der Waals surface area contributed by atoms with Crippen LogP contribution in [0.4, 0.5) is 5.69 Å². The minimum absolute atomic E-state index is 0.543. The van der Waals surface area contributed by atoms with Crippen molar-refractivity contribution >= 4 is 5.69 Å². The van der Waals surface area contributed by atoms with Crippen LogP contribution in [-0.4, -0.2) is 19.8 Å². The van der Waals surface area contributed by atoms with Gasteiger partial charge in [0.2, 0.25) is 0 Å². The Morgan fingerprint density at radius 1 is 1.29 bits per heavy atom. The minimum atomic E-state index is 0.543. The number of nitrogen functional groups attached to an aromatic ring is 1. The molecule has 1 aromatic rings. The highest BCUT2D eigenvalue weighted by molar-refractivity contribution is 5.53. The minimum Gasteiger partial charge on any atom is -0.489 e. The molecule has 1 rings (SSSR count). The summed E-state index contributed by atoms with van der Waals surface area (Å²) >= 11 is 0. The number of aryl methyl sites for hydroxylation is 1. The van der Waals surface area contributed by atoms with E-state index in [0.717, 1.165) is 11.3 Å². The lowest BCUT2D eigenvalue weighted by Crippen LogP contribution is -2.07. The van der Waals surface area contributed by atoms with Crippen molar-refractivity contribution < 1.29 is 9.47 Å². The van der Waals surface area contributed by atoms with Crippen LogP contribution in [0.25, 0.3) is 0 Å². The molecule has 78 valence electrons. The number of nitrogens with two attached hydrogens (primary N) is 1. The summed E-state index contributed by atoms with van der Waals surface area (Å²) in [6.45, 7) is 5.83. The normalized spacial score (nSPS) is 10.1. The Labute approximate surface area is 84.8 Å². The van der Waals surface area contributed by atoms with E-state index >= 15 is 0 Å². The summed E-state index contributed by atoms with van der Waals surface area (Å²) in [4.78, 5) is 0. The molecule has 14 heavy (non-hydrogen) atoms. The number of benzene rings is 1. The predicted molar refractivity (Wildman–Crippen MR) is 57.6 cm³/mol. The molecule has 0 atom stereocenters. The molecule has 1 aromatic carbocycles. The maximum absolute atomic E-state index is 5.74. The Bertz CT molecular complexity index is 287. The highest BCUT2D eigenvalue weighted by Crippen LogP contribution is 2.21. The third-order valence-electron chi connectivity index (χ3n) is 1.86. The van der Waals surface area contributed by atoms with E-state index in [2.05, 4.69) is 0 Å². The van der Waals surface area contributed by atoms with E-state index in [9.17, 15) is 0 Å². The Morgan fingerprint density at radius 3 is 2.79 bits per heavy atom. The van der Waals surface area contributed by atoms with E-state index in [1.807, 2.05) is 32.0 Å². The second-order valence-corrected chi connectivity index (χ2v) is 3.09. The van der Waals surface area contributed by atoms with E-state index in [-0.39, 0.29) is 0 Å². The molecular formula is C11H17NO2. The molecule has 0 radical (unpaired) electrons. The molecule has 0 saturated carbocycles. The Morgan fingerprint density at radius 2 is 2.07 bits per heavy atom. The Kier molecular flexibility index (Phi) is 4.26. The van der Waals surface area contributed by atoms with Crippen LogP contribution in [0.5, 0.6) is 5.75 Å². The van der Waals surface area contributed by atoms with Crippen molar-refractivity contribution in [2.75, 3.05) is 25.6 Å². The average Bonchev–Trinajstić information content (AvgIpc) is 2.18. The first-order chi connectivity index (χ1) is 6.74. The van der Waals surface area contributed by atoms with Crippen LogP contribution < -0.4 is 10.5 Å². The first-order valence-corrected chi connectivity index (χ1v) is 4.80. The number of anilines is 1. The van der Waals surface area contributed by atoms with Gasteiger partial charge in [0.05, 0.1) is 12.3 Å². The van der Waals surface area contributed by atoms with Gasteiger partial charge in [-0.25, -0.2) is 0 Å². The molecule has 0 fully saturated rings. The Balaban J connectivity index is 2.45. The van der Waals surface area contributed by atoms with Gasteiger partial charge in [0.25, 0.3) is 0 Å². The lowest BCUT2D eigenvalue weighted by atomic mass is 10.2. The van der Waals surface area contributed by atoms with Crippen LogP contribution in [0.1, 0.15) is 12.5 Å². The maximum atomic E-state index is 5.74. The van der Waals surface area contributed by atoms with Crippen molar-refractivity contribution in [1.29, 1.82) is 0 Å². The van der Waals surface area contributed by atoms with Crippen molar-refractivity contribution in [1.82, 2.24) is 0 Å². The summed E-state index contributed by atoms with van der Waals surface area (Å²) in [5, 5.41) is 0. The fraction of sp³-hybridized carbons (Fsp3) is 0.455. The van der Waals surface area contributed by atoms with Crippen LogP contribution in [0.3, 0.4) is 0 Å². The van der Waals surface area contributed by atoms with Crippen molar-refractivity contribution in [3.8, 4) is 5.75 Å². The van der Waals surface area contributed by atoms with Crippen LogP contribution in [-0.2, 0) is 4.74 Å². The molecule has 0 aliphatic carbocycles. The summed E-state index contributed by atoms with van der Waals surface area (Å²) in [6.07, 6.45) is 0. The molecule has 0 heterocycles. The molecule has 3 heteroatoms. The number of ether oxygens (including phenoxy) is 2. The lowest BCUT2D eigenvalue weighted by molar-refractivity contribution is 0.110. The van der Waals surface area contributed by atoms with Crippen LogP contribution in [0.15, 0.2) is 18.2 Å². The van der Waals surface area contributed by atoms with Gasteiger partial charge in [-0.3, -0.25) is 0 Å². The molecule has 0 aliphatic heterocycles. The molecule has 0 aromatic heterocycles. The van der Waals surface area contributed by atoms with Gasteiger partial charge >= 0.3 is 0 Å². The molecule has 3 nitrogen and oxygen atoms in total. The van der Waals surface area contributed by atoms with E-state index in [1.54, 1.807) is 0 Å². The number of hydrogen-bond acceptors (Lipinski definition) is 3. The molecule has 0 unspecified atom stereocenters. The summed E-state index contributed by atoms with van der Waals surface area (Å²) < 4.78 is 10.6. The zero-order valence-corrected chi connectivity index (χ0v) is 8.75. The summed E-state index contributed by atoms with van der Waals surface area (Å²) in [5.74, 6) is 0.740. The summed E-state index contributed by atoms with van der Waals surface area (Å²) in [5.41, 5.74) is 7.56. The van der Waals surface area contributed by atoms with Crippen LogP contribution >= 0.6 is 0 Å². The van der Waals surface area contributed by atoms with E-state index in [0.29, 0.717) is 25.5 Å². The van der Waals surface area contributed by atoms with Crippen molar-refractivity contribution in [3.05, 3.63) is 23.8 Å². The van der Waals surface area contributed by atoms with Crippen molar-refractivity contribution in [2.24, 2.45) is 0 Å². The SMILES string of the molecule is CCOCCOc1cc(C)ccc1N. The zero-order chi connectivity index (χ0) is 10.4. The highest BCUT2D eigenvalue weighted by Gasteiger charge is 1.99. The first kappa shape index (κ1) is 10.9. The largest absolute Gasteiger partial charge is 0.489 e. The monoisotopic (exact) mass is 195 g/mol. The van der Waals surface area contributed by atoms with Crippen LogP contribution in [0, 0.1) is 6.92 Å². The van der Waals surface area contributed by atoms with E-state index < -0.39 is 0 Å². The molecular weight excluding hydrogens is 178 g/mol. The van der Waals surface area contributed by atoms with Gasteiger partial charge in [-0.15, -0.1) is 0 Å². The topological polar surface area (TPSA) is 44.5 Å². The van der Waals surface area contributed by atoms with Gasteiger partial charge in [-0.05, 0) is 31.5 Å². The predicted octanol–water partition coefficient (Wildman–Crippen LogP) is 1.99. The smallest absolute Gasteiger partial charge is 0.142 e. The summed E-state index contributed by atoms with van der Waals surface area (Å²) in [6, 6.07) is 5.75. The summed E-state index contributed by atoms with van der Waals surface area (Å²) in [7, 11) is 0. The molecule has 2 N–H and O–H groups in total. The second kappa shape index (κ2) is 5.50. The quantitative estimate of drug-likeness (QED) is 0.577. The Hall–Kier alpha value is -1.22. The molecule has 0 bridgehead atoms. The van der Waals surface area contributed by atoms with Gasteiger partial charge < -0.3 is 15.2 Å². The molecule has 0 saturated heterocycles.